The van der Waals surface area contributed by atoms with Crippen molar-refractivity contribution in [3.05, 3.63) is 47.1 Å². The maximum atomic E-state index is 11.1. The van der Waals surface area contributed by atoms with Crippen LogP contribution in [0.15, 0.2) is 47.1 Å². The van der Waals surface area contributed by atoms with Gasteiger partial charge in [0.25, 0.3) is 0 Å². The fraction of sp³-hybridized carbons (Fsp3) is 0.600. The van der Waals surface area contributed by atoms with Crippen LogP contribution in [0.4, 0.5) is 0 Å². The van der Waals surface area contributed by atoms with Crippen LogP contribution >= 0.6 is 62.6 Å². The molecule has 13 N–H and O–H groups in total. The summed E-state index contributed by atoms with van der Waals surface area (Å²) >= 11 is 0. The molecular weight excluding hydrogens is 936 g/mol. The highest BCUT2D eigenvalue weighted by molar-refractivity contribution is 7.61. The Balaban J connectivity index is -0.000000332. The SMILES string of the molecule is C=C(C)CCOP(=O)(O)OP(=O)(O)O.CC(C)=CCCC(C)=CCOP(=O)(O)OP(=O)(O)O.CC(C)=CCOP(=O)(O)OP(=O)(O)O.O=P(O)(O)OP(=O)(O)O. The predicted octanol–water partition coefficient (Wildman–Crippen LogP) is 4.45. The van der Waals surface area contributed by atoms with Gasteiger partial charge in [0.1, 0.15) is 0 Å². The van der Waals surface area contributed by atoms with Gasteiger partial charge in [-0.1, -0.05) is 40.5 Å². The second-order valence-corrected chi connectivity index (χ2v) is 21.6. The zero-order valence-electron chi connectivity index (χ0n) is 30.2. The zero-order chi connectivity index (χ0) is 45.6. The summed E-state index contributed by atoms with van der Waals surface area (Å²) in [6, 6.07) is 0. The minimum absolute atomic E-state index is 0.191. The lowest BCUT2D eigenvalue weighted by molar-refractivity contribution is 0.178. The van der Waals surface area contributed by atoms with Crippen LogP contribution in [0.25, 0.3) is 0 Å². The van der Waals surface area contributed by atoms with Gasteiger partial charge >= 0.3 is 62.6 Å². The Hall–Kier alpha value is -0.0000000000000000971. The summed E-state index contributed by atoms with van der Waals surface area (Å²) in [7, 11) is -39.3. The molecule has 36 heteroatoms. The topological polar surface area (TPSA) is 464 Å². The van der Waals surface area contributed by atoms with Crippen LogP contribution in [0.3, 0.4) is 0 Å². The molecule has 0 fully saturated rings. The molecule has 3 unspecified atom stereocenters. The summed E-state index contributed by atoms with van der Waals surface area (Å²) in [6.07, 6.45) is 7.00. The van der Waals surface area contributed by atoms with Crippen molar-refractivity contribution < 1.29 is 131 Å². The van der Waals surface area contributed by atoms with Gasteiger partial charge in [-0.2, -0.15) is 17.2 Å². The third-order valence-corrected chi connectivity index (χ3v) is 12.3. The summed E-state index contributed by atoms with van der Waals surface area (Å²) in [5, 5.41) is 0. The first-order valence-electron chi connectivity index (χ1n) is 14.1. The van der Waals surface area contributed by atoms with Crippen molar-refractivity contribution in [2.45, 2.75) is 60.8 Å². The molecule has 0 aliphatic heterocycles. The zero-order valence-corrected chi connectivity index (χ0v) is 37.4. The first-order chi connectivity index (χ1) is 24.5. The number of rotatable bonds is 21. The summed E-state index contributed by atoms with van der Waals surface area (Å²) in [5.41, 5.74) is 3.69. The summed E-state index contributed by atoms with van der Waals surface area (Å²) in [5.74, 6) is 0. The molecule has 3 atom stereocenters. The van der Waals surface area contributed by atoms with Crippen molar-refractivity contribution >= 4 is 62.6 Å². The molecule has 0 aromatic rings. The number of phosphoric acid groups is 8. The second-order valence-electron chi connectivity index (χ2n) is 10.5. The Labute approximate surface area is 320 Å². The molecule has 0 aromatic carbocycles. The maximum Gasteiger partial charge on any atom is 0.481 e. The molecule has 0 aliphatic carbocycles. The average molecular weight is 984 g/mol. The van der Waals surface area contributed by atoms with E-state index in [1.807, 2.05) is 20.8 Å². The van der Waals surface area contributed by atoms with Gasteiger partial charge in [0.2, 0.25) is 0 Å². The van der Waals surface area contributed by atoms with Crippen molar-refractivity contribution in [1.82, 2.24) is 0 Å². The number of hydrogen-bond donors (Lipinski definition) is 13. The van der Waals surface area contributed by atoms with Gasteiger partial charge in [-0.05, 0) is 60.8 Å². The van der Waals surface area contributed by atoms with Gasteiger partial charge in [-0.15, -0.1) is 6.58 Å². The van der Waals surface area contributed by atoms with Crippen molar-refractivity contribution in [3.8, 4) is 0 Å². The van der Waals surface area contributed by atoms with E-state index in [1.165, 1.54) is 11.6 Å². The summed E-state index contributed by atoms with van der Waals surface area (Å²) < 4.78 is 109. The Morgan fingerprint density at radius 3 is 1.02 bits per heavy atom. The first-order valence-corrected chi connectivity index (χ1v) is 26.2. The molecule has 0 bridgehead atoms. The lowest BCUT2D eigenvalue weighted by atomic mass is 10.1. The highest BCUT2D eigenvalue weighted by atomic mass is 31.3. The third kappa shape index (κ3) is 58.3. The Morgan fingerprint density at radius 2 is 0.750 bits per heavy atom. The van der Waals surface area contributed by atoms with E-state index in [0.29, 0.717) is 12.0 Å². The van der Waals surface area contributed by atoms with Gasteiger partial charge in [0, 0.05) is 0 Å². The molecule has 0 saturated heterocycles. The molecular formula is C20H48O28P8. The minimum atomic E-state index is -5.05. The van der Waals surface area contributed by atoms with E-state index in [9.17, 15) is 36.5 Å². The minimum Gasteiger partial charge on any atom is -0.302 e. The van der Waals surface area contributed by atoms with Crippen molar-refractivity contribution in [2.75, 3.05) is 19.8 Å². The van der Waals surface area contributed by atoms with Gasteiger partial charge < -0.3 is 63.6 Å². The lowest BCUT2D eigenvalue weighted by Crippen LogP contribution is -1.96. The van der Waals surface area contributed by atoms with E-state index in [1.54, 1.807) is 26.8 Å². The quantitative estimate of drug-likeness (QED) is 0.0558. The molecule has 56 heavy (non-hydrogen) atoms. The monoisotopic (exact) mass is 984 g/mol. The van der Waals surface area contributed by atoms with Crippen LogP contribution in [0.1, 0.15) is 60.8 Å². The highest BCUT2D eigenvalue weighted by Gasteiger charge is 2.33. The molecule has 0 heterocycles. The van der Waals surface area contributed by atoms with Crippen molar-refractivity contribution in [3.63, 3.8) is 0 Å². The smallest absolute Gasteiger partial charge is 0.302 e. The molecule has 0 radical (unpaired) electrons. The van der Waals surface area contributed by atoms with Crippen molar-refractivity contribution in [2.24, 2.45) is 0 Å². The van der Waals surface area contributed by atoms with Crippen LogP contribution in [-0.4, -0.2) is 83.4 Å². The molecule has 0 aromatic heterocycles. The largest absolute Gasteiger partial charge is 0.481 e. The van der Waals surface area contributed by atoms with Crippen LogP contribution in [0.5, 0.6) is 0 Å². The van der Waals surface area contributed by atoms with E-state index in [0.717, 1.165) is 24.0 Å². The number of allylic oxidation sites excluding steroid dienone is 4. The van der Waals surface area contributed by atoms with E-state index in [-0.39, 0.29) is 19.8 Å². The highest BCUT2D eigenvalue weighted by Crippen LogP contribution is 2.59. The number of phosphoric ester groups is 3. The van der Waals surface area contributed by atoms with Gasteiger partial charge in [0.05, 0.1) is 19.8 Å². The molecule has 28 nitrogen and oxygen atoms in total. The molecule has 0 aliphatic rings. The lowest BCUT2D eigenvalue weighted by Gasteiger charge is -2.11. The summed E-state index contributed by atoms with van der Waals surface area (Å²) in [6.45, 7) is 13.7. The molecule has 336 valence electrons. The van der Waals surface area contributed by atoms with Crippen LogP contribution < -0.4 is 0 Å². The van der Waals surface area contributed by atoms with E-state index in [4.69, 9.17) is 63.6 Å². The Bertz CT molecular complexity index is 1660. The van der Waals surface area contributed by atoms with Gasteiger partial charge in [0.15, 0.2) is 0 Å². The average Bonchev–Trinajstić information content (AvgIpc) is 2.82. The summed E-state index contributed by atoms with van der Waals surface area (Å²) in [4.78, 5) is 107. The Kier molecular flexibility index (Phi) is 31.1. The standard InChI is InChI=1S/C10H20O7P2.2C5H12O7P2.H4O7P2/c1-9(2)5-4-6-10(3)7-8-16-19(14,15)17-18(11,12)13;2*1-5(2)3-4-11-14(9,10)12-13(6,7)8;1-8(2,3)7-9(4,5)6/h5,7H,4,6,8H2,1-3H3,(H,14,15)(H2,11,12,13);3H,4H2,1-2H3,(H,9,10)(H2,6,7,8);1,3-4H2,2H3,(H,9,10)(H2,6,7,8);(H2,1,2,3)(H2,4,5,6). The Morgan fingerprint density at radius 1 is 0.446 bits per heavy atom. The van der Waals surface area contributed by atoms with Crippen LogP contribution in [0.2, 0.25) is 0 Å². The van der Waals surface area contributed by atoms with E-state index in [2.05, 4.69) is 43.5 Å². The van der Waals surface area contributed by atoms with Crippen LogP contribution in [-0.2, 0) is 67.3 Å². The first kappa shape index (κ1) is 62.6. The predicted molar refractivity (Wildman–Crippen MR) is 193 cm³/mol. The van der Waals surface area contributed by atoms with Crippen molar-refractivity contribution in [1.29, 1.82) is 0 Å². The third-order valence-electron chi connectivity index (χ3n) is 4.11. The normalized spacial score (nSPS) is 15.7. The molecule has 0 spiro atoms. The molecule has 0 saturated carbocycles. The van der Waals surface area contributed by atoms with Gasteiger partial charge in [-0.3, -0.25) is 13.6 Å². The molecule has 0 amide bonds. The number of hydrogen-bond acceptors (Lipinski definition) is 15. The maximum absolute atomic E-state index is 11.1. The van der Waals surface area contributed by atoms with Crippen LogP contribution in [0, 0.1) is 0 Å². The van der Waals surface area contributed by atoms with Gasteiger partial charge in [-0.25, -0.2) is 36.5 Å². The van der Waals surface area contributed by atoms with E-state index < -0.39 is 62.6 Å². The fourth-order valence-electron chi connectivity index (χ4n) is 2.21. The fourth-order valence-corrected chi connectivity index (χ4v) is 7.96. The second kappa shape index (κ2) is 27.8. The van der Waals surface area contributed by atoms with E-state index >= 15 is 0 Å². The molecule has 0 rings (SSSR count).